The first-order valence-electron chi connectivity index (χ1n) is 3.18. The number of hydrogen-bond donors (Lipinski definition) is 2. The highest BCUT2D eigenvalue weighted by molar-refractivity contribution is 7.80. The maximum Gasteiger partial charge on any atom is 0.115 e. The van der Waals surface area contributed by atoms with Crippen LogP contribution in [-0.4, -0.2) is 23.4 Å². The lowest BCUT2D eigenvalue weighted by molar-refractivity contribution is 0.00668. The lowest BCUT2D eigenvalue weighted by atomic mass is 10.1. The molecule has 2 heterocycles. The lowest BCUT2D eigenvalue weighted by Gasteiger charge is -2.24. The fourth-order valence-electron chi connectivity index (χ4n) is 0.950. The van der Waals surface area contributed by atoms with Crippen molar-refractivity contribution in [1.82, 2.24) is 10.2 Å². The Labute approximate surface area is 64.2 Å². The van der Waals surface area contributed by atoms with E-state index in [1.165, 1.54) is 0 Å². The molecule has 1 saturated heterocycles. The highest BCUT2D eigenvalue weighted by atomic mass is 32.1. The zero-order valence-corrected chi connectivity index (χ0v) is 6.27. The zero-order valence-electron chi connectivity index (χ0n) is 5.37. The largest absolute Gasteiger partial charge is 0.380 e. The fourth-order valence-corrected chi connectivity index (χ4v) is 1.14. The molecular formula is C6H8N2OS. The molecule has 0 radical (unpaired) electrons. The molecule has 0 aromatic carbocycles. The standard InChI is InChI=1S/C6H8N2OS/c10-6-1-5(7-8-6)4-2-9-3-4/h1,4H,2-3H2,(H2,7,8,10). The fraction of sp³-hybridized carbons (Fsp3) is 0.500. The Hall–Kier alpha value is -0.480. The molecule has 1 aromatic heterocycles. The Morgan fingerprint density at radius 3 is 2.90 bits per heavy atom. The van der Waals surface area contributed by atoms with Gasteiger partial charge in [-0.1, -0.05) is 0 Å². The molecule has 54 valence electrons. The number of nitrogens with one attached hydrogen (secondary N) is 1. The number of H-pyrrole nitrogens is 1. The van der Waals surface area contributed by atoms with E-state index < -0.39 is 0 Å². The predicted molar refractivity (Wildman–Crippen MR) is 39.4 cm³/mol. The van der Waals surface area contributed by atoms with Gasteiger partial charge in [0.1, 0.15) is 5.03 Å². The van der Waals surface area contributed by atoms with E-state index in [1.54, 1.807) is 0 Å². The van der Waals surface area contributed by atoms with E-state index in [0.717, 1.165) is 23.9 Å². The van der Waals surface area contributed by atoms with Crippen molar-refractivity contribution in [1.29, 1.82) is 0 Å². The van der Waals surface area contributed by atoms with Gasteiger partial charge in [0.25, 0.3) is 0 Å². The Kier molecular flexibility index (Phi) is 1.43. The van der Waals surface area contributed by atoms with E-state index in [9.17, 15) is 0 Å². The molecule has 1 fully saturated rings. The SMILES string of the molecule is Sc1cc(C2COC2)[nH]n1. The lowest BCUT2D eigenvalue weighted by Crippen LogP contribution is -2.25. The second-order valence-corrected chi connectivity index (χ2v) is 2.87. The normalized spacial score (nSPS) is 18.9. The molecule has 2 rings (SSSR count). The van der Waals surface area contributed by atoms with E-state index in [4.69, 9.17) is 4.74 Å². The first kappa shape index (κ1) is 6.24. The first-order chi connectivity index (χ1) is 4.86. The van der Waals surface area contributed by atoms with Crippen LogP contribution in [0.3, 0.4) is 0 Å². The molecule has 0 atom stereocenters. The Morgan fingerprint density at radius 1 is 1.70 bits per heavy atom. The van der Waals surface area contributed by atoms with Gasteiger partial charge in [-0.15, -0.1) is 12.6 Å². The van der Waals surface area contributed by atoms with Crippen molar-refractivity contribution in [3.63, 3.8) is 0 Å². The molecule has 1 aliphatic heterocycles. The summed E-state index contributed by atoms with van der Waals surface area (Å²) in [5.74, 6) is 0.522. The third kappa shape index (κ3) is 0.932. The molecule has 0 aliphatic carbocycles. The summed E-state index contributed by atoms with van der Waals surface area (Å²) in [6, 6.07) is 1.94. The summed E-state index contributed by atoms with van der Waals surface area (Å²) in [5.41, 5.74) is 1.14. The van der Waals surface area contributed by atoms with Crippen LogP contribution in [0.1, 0.15) is 11.6 Å². The summed E-state index contributed by atoms with van der Waals surface area (Å²) in [6.45, 7) is 1.63. The summed E-state index contributed by atoms with van der Waals surface area (Å²) >= 11 is 4.08. The van der Waals surface area contributed by atoms with Crippen molar-refractivity contribution in [3.8, 4) is 0 Å². The number of aromatic amines is 1. The smallest absolute Gasteiger partial charge is 0.115 e. The van der Waals surface area contributed by atoms with Gasteiger partial charge in [-0.2, -0.15) is 5.10 Å². The maximum absolute atomic E-state index is 5.03. The quantitative estimate of drug-likeness (QED) is 0.590. The summed E-state index contributed by atoms with van der Waals surface area (Å²) < 4.78 is 5.03. The minimum Gasteiger partial charge on any atom is -0.380 e. The molecule has 0 unspecified atom stereocenters. The van der Waals surface area contributed by atoms with E-state index in [2.05, 4.69) is 22.8 Å². The molecule has 1 aliphatic rings. The van der Waals surface area contributed by atoms with E-state index in [-0.39, 0.29) is 0 Å². The molecule has 1 aromatic rings. The minimum absolute atomic E-state index is 0.522. The average molecular weight is 156 g/mol. The number of hydrogen-bond acceptors (Lipinski definition) is 3. The van der Waals surface area contributed by atoms with Crippen molar-refractivity contribution < 1.29 is 4.74 Å². The highest BCUT2D eigenvalue weighted by Crippen LogP contribution is 2.22. The van der Waals surface area contributed by atoms with Crippen LogP contribution in [0.15, 0.2) is 11.1 Å². The van der Waals surface area contributed by atoms with E-state index in [0.29, 0.717) is 5.92 Å². The van der Waals surface area contributed by atoms with E-state index in [1.807, 2.05) is 6.07 Å². The Morgan fingerprint density at radius 2 is 2.50 bits per heavy atom. The van der Waals surface area contributed by atoms with Gasteiger partial charge in [0.05, 0.1) is 13.2 Å². The topological polar surface area (TPSA) is 37.9 Å². The molecule has 0 spiro atoms. The van der Waals surface area contributed by atoms with Crippen LogP contribution in [0.4, 0.5) is 0 Å². The monoisotopic (exact) mass is 156 g/mol. The maximum atomic E-state index is 5.03. The van der Waals surface area contributed by atoms with Gasteiger partial charge in [0, 0.05) is 11.6 Å². The van der Waals surface area contributed by atoms with Gasteiger partial charge in [-0.05, 0) is 6.07 Å². The van der Waals surface area contributed by atoms with Gasteiger partial charge < -0.3 is 4.74 Å². The molecule has 0 bridgehead atoms. The predicted octanol–water partition coefficient (Wildman–Crippen LogP) is 0.812. The van der Waals surface area contributed by atoms with Crippen molar-refractivity contribution in [3.05, 3.63) is 11.8 Å². The number of thiol groups is 1. The second kappa shape index (κ2) is 2.29. The molecule has 0 amide bonds. The molecule has 4 heteroatoms. The first-order valence-corrected chi connectivity index (χ1v) is 3.63. The second-order valence-electron chi connectivity index (χ2n) is 2.42. The van der Waals surface area contributed by atoms with Gasteiger partial charge in [-0.25, -0.2) is 0 Å². The molecule has 0 saturated carbocycles. The van der Waals surface area contributed by atoms with Gasteiger partial charge in [-0.3, -0.25) is 5.10 Å². The summed E-state index contributed by atoms with van der Waals surface area (Å²) in [6.07, 6.45) is 0. The Balaban J connectivity index is 2.17. The van der Waals surface area contributed by atoms with Crippen molar-refractivity contribution in [2.45, 2.75) is 10.9 Å². The zero-order chi connectivity index (χ0) is 6.97. The molecule has 1 N–H and O–H groups in total. The average Bonchev–Trinajstić information content (AvgIpc) is 2.10. The molecular weight excluding hydrogens is 148 g/mol. The number of ether oxygens (including phenoxy) is 1. The van der Waals surface area contributed by atoms with Crippen LogP contribution in [0.2, 0.25) is 0 Å². The van der Waals surface area contributed by atoms with Gasteiger partial charge >= 0.3 is 0 Å². The van der Waals surface area contributed by atoms with E-state index >= 15 is 0 Å². The van der Waals surface area contributed by atoms with Crippen LogP contribution in [0.25, 0.3) is 0 Å². The highest BCUT2D eigenvalue weighted by Gasteiger charge is 2.21. The molecule has 10 heavy (non-hydrogen) atoms. The Bertz CT molecular complexity index is 231. The minimum atomic E-state index is 0.522. The molecule has 3 nitrogen and oxygen atoms in total. The third-order valence-electron chi connectivity index (χ3n) is 1.66. The van der Waals surface area contributed by atoms with Crippen molar-refractivity contribution in [2.24, 2.45) is 0 Å². The van der Waals surface area contributed by atoms with Gasteiger partial charge in [0.15, 0.2) is 0 Å². The number of aromatic nitrogens is 2. The van der Waals surface area contributed by atoms with Crippen molar-refractivity contribution in [2.75, 3.05) is 13.2 Å². The summed E-state index contributed by atoms with van der Waals surface area (Å²) in [5, 5.41) is 7.56. The number of nitrogens with zero attached hydrogens (tertiary/aromatic N) is 1. The van der Waals surface area contributed by atoms with Gasteiger partial charge in [0.2, 0.25) is 0 Å². The van der Waals surface area contributed by atoms with Crippen LogP contribution in [-0.2, 0) is 4.74 Å². The van der Waals surface area contributed by atoms with Crippen LogP contribution in [0, 0.1) is 0 Å². The van der Waals surface area contributed by atoms with Crippen LogP contribution >= 0.6 is 12.6 Å². The summed E-state index contributed by atoms with van der Waals surface area (Å²) in [7, 11) is 0. The van der Waals surface area contributed by atoms with Crippen LogP contribution in [0.5, 0.6) is 0 Å². The van der Waals surface area contributed by atoms with Crippen molar-refractivity contribution >= 4 is 12.6 Å². The van der Waals surface area contributed by atoms with Crippen LogP contribution < -0.4 is 0 Å². The summed E-state index contributed by atoms with van der Waals surface area (Å²) in [4.78, 5) is 0. The number of rotatable bonds is 1. The third-order valence-corrected chi connectivity index (χ3v) is 1.89.